The summed E-state index contributed by atoms with van der Waals surface area (Å²) in [5.41, 5.74) is 0.971. The van der Waals surface area contributed by atoms with Crippen LogP contribution in [0.5, 0.6) is 0 Å². The summed E-state index contributed by atoms with van der Waals surface area (Å²) >= 11 is 0. The molecule has 4 aromatic rings. The van der Waals surface area contributed by atoms with Crippen LogP contribution in [-0.4, -0.2) is 26.3 Å². The molecule has 0 unspecified atom stereocenters. The van der Waals surface area contributed by atoms with Crippen molar-refractivity contribution in [1.82, 2.24) is 25.1 Å². The van der Waals surface area contributed by atoms with E-state index >= 15 is 0 Å². The number of alkyl halides is 6. The van der Waals surface area contributed by atoms with Gasteiger partial charge >= 0.3 is 12.4 Å². The van der Waals surface area contributed by atoms with Crippen LogP contribution >= 0.6 is 0 Å². The van der Waals surface area contributed by atoms with Gasteiger partial charge in [0.25, 0.3) is 0 Å². The largest absolute Gasteiger partial charge is 0.416 e. The summed E-state index contributed by atoms with van der Waals surface area (Å²) in [5.74, 6) is 0.470. The zero-order valence-electron chi connectivity index (χ0n) is 22.2. The Morgan fingerprint density at radius 2 is 1.63 bits per heavy atom. The molecule has 3 N–H and O–H groups in total. The van der Waals surface area contributed by atoms with Crippen LogP contribution in [0.1, 0.15) is 36.1 Å². The highest BCUT2D eigenvalue weighted by Gasteiger charge is 2.37. The first-order chi connectivity index (χ1) is 19.3. The van der Waals surface area contributed by atoms with Crippen molar-refractivity contribution < 1.29 is 26.3 Å². The van der Waals surface area contributed by atoms with Crippen molar-refractivity contribution in [2.75, 3.05) is 17.2 Å². The molecule has 2 aromatic heterocycles. The van der Waals surface area contributed by atoms with Crippen molar-refractivity contribution in [2.45, 2.75) is 45.7 Å². The molecule has 0 aliphatic carbocycles. The van der Waals surface area contributed by atoms with Gasteiger partial charge in [0, 0.05) is 48.0 Å². The molecule has 0 amide bonds. The van der Waals surface area contributed by atoms with Gasteiger partial charge in [-0.2, -0.15) is 36.4 Å². The quantitative estimate of drug-likeness (QED) is 0.203. The maximum Gasteiger partial charge on any atom is 0.416 e. The standard InChI is InChI=1S/C28H27F6N7/c1-16(2)14-41-15-19(12-37-41)24-13-36-26(39-23-9-20(27(29,30)31)8-21(10-23)28(32,33)34)40-25(24)38-22-4-3-17-5-6-35-11-18(17)7-22/h3-4,7-10,12-13,15-16,35H,5-6,11,14H2,1-2H3,(H2,36,38,39,40). The third-order valence-corrected chi connectivity index (χ3v) is 6.48. The van der Waals surface area contributed by atoms with Gasteiger partial charge in [0.2, 0.25) is 5.95 Å². The van der Waals surface area contributed by atoms with Crippen molar-refractivity contribution >= 4 is 23.1 Å². The van der Waals surface area contributed by atoms with E-state index in [0.29, 0.717) is 53.8 Å². The summed E-state index contributed by atoms with van der Waals surface area (Å²) < 4.78 is 82.0. The molecule has 3 heterocycles. The minimum absolute atomic E-state index is 0.0713. The number of anilines is 4. The van der Waals surface area contributed by atoms with Gasteiger partial charge < -0.3 is 16.0 Å². The Bertz CT molecular complexity index is 1510. The molecule has 2 aromatic carbocycles. The summed E-state index contributed by atoms with van der Waals surface area (Å²) in [7, 11) is 0. The SMILES string of the molecule is CC(C)Cn1cc(-c2cnc(Nc3cc(C(F)(F)F)cc(C(F)(F)F)c3)nc2Nc2ccc3c(c2)CNCC3)cn1. The zero-order chi connectivity index (χ0) is 29.4. The lowest BCUT2D eigenvalue weighted by Crippen LogP contribution is -2.23. The number of rotatable bonds is 7. The zero-order valence-corrected chi connectivity index (χ0v) is 22.2. The van der Waals surface area contributed by atoms with Crippen LogP contribution in [0.3, 0.4) is 0 Å². The average Bonchev–Trinajstić information content (AvgIpc) is 3.35. The first-order valence-electron chi connectivity index (χ1n) is 12.9. The lowest BCUT2D eigenvalue weighted by molar-refractivity contribution is -0.143. The predicted molar refractivity (Wildman–Crippen MR) is 143 cm³/mol. The van der Waals surface area contributed by atoms with Crippen molar-refractivity contribution in [3.8, 4) is 11.1 Å². The van der Waals surface area contributed by atoms with Gasteiger partial charge in [-0.3, -0.25) is 4.68 Å². The van der Waals surface area contributed by atoms with Crippen LogP contribution in [0.2, 0.25) is 0 Å². The van der Waals surface area contributed by atoms with Gasteiger partial charge in [-0.05, 0) is 60.3 Å². The van der Waals surface area contributed by atoms with Crippen molar-refractivity contribution in [1.29, 1.82) is 0 Å². The molecule has 0 radical (unpaired) electrons. The maximum atomic E-state index is 13.4. The van der Waals surface area contributed by atoms with Gasteiger partial charge in [0.05, 0.1) is 17.3 Å². The highest BCUT2D eigenvalue weighted by atomic mass is 19.4. The maximum absolute atomic E-state index is 13.4. The molecule has 0 fully saturated rings. The van der Waals surface area contributed by atoms with E-state index in [1.54, 1.807) is 10.9 Å². The van der Waals surface area contributed by atoms with E-state index in [1.807, 2.05) is 24.4 Å². The minimum atomic E-state index is -4.98. The van der Waals surface area contributed by atoms with Gasteiger partial charge in [-0.1, -0.05) is 19.9 Å². The Labute approximate surface area is 232 Å². The second-order valence-electron chi connectivity index (χ2n) is 10.3. The minimum Gasteiger partial charge on any atom is -0.340 e. The Morgan fingerprint density at radius 3 is 2.32 bits per heavy atom. The number of benzene rings is 2. The highest BCUT2D eigenvalue weighted by molar-refractivity contribution is 5.78. The molecule has 0 atom stereocenters. The summed E-state index contributed by atoms with van der Waals surface area (Å²) in [6.45, 7) is 6.38. The molecule has 5 rings (SSSR count). The molecular formula is C28H27F6N7. The van der Waals surface area contributed by atoms with Gasteiger partial charge in [0.1, 0.15) is 5.82 Å². The Balaban J connectivity index is 1.53. The smallest absolute Gasteiger partial charge is 0.340 e. The van der Waals surface area contributed by atoms with Gasteiger partial charge in [-0.25, -0.2) is 4.98 Å². The molecule has 0 bridgehead atoms. The summed E-state index contributed by atoms with van der Waals surface area (Å²) in [4.78, 5) is 8.66. The van der Waals surface area contributed by atoms with Crippen molar-refractivity contribution in [3.63, 3.8) is 0 Å². The number of hydrogen-bond donors (Lipinski definition) is 3. The normalized spacial score (nSPS) is 13.8. The summed E-state index contributed by atoms with van der Waals surface area (Å²) in [6, 6.07) is 7.14. The summed E-state index contributed by atoms with van der Waals surface area (Å²) in [5, 5.41) is 13.5. The van der Waals surface area contributed by atoms with E-state index < -0.39 is 29.2 Å². The molecule has 1 aliphatic heterocycles. The van der Waals surface area contributed by atoms with Crippen LogP contribution in [0.15, 0.2) is 55.0 Å². The van der Waals surface area contributed by atoms with Crippen LogP contribution in [-0.2, 0) is 31.9 Å². The number of aromatic nitrogens is 4. The fraction of sp³-hybridized carbons (Fsp3) is 0.321. The number of nitrogens with one attached hydrogen (secondary N) is 3. The van der Waals surface area contributed by atoms with Crippen LogP contribution < -0.4 is 16.0 Å². The monoisotopic (exact) mass is 575 g/mol. The number of fused-ring (bicyclic) bond motifs is 1. The third-order valence-electron chi connectivity index (χ3n) is 6.48. The van der Waals surface area contributed by atoms with Crippen LogP contribution in [0, 0.1) is 5.92 Å². The molecule has 0 saturated carbocycles. The van der Waals surface area contributed by atoms with E-state index in [0.717, 1.165) is 18.5 Å². The second kappa shape index (κ2) is 11.0. The molecule has 41 heavy (non-hydrogen) atoms. The van der Waals surface area contributed by atoms with E-state index in [9.17, 15) is 26.3 Å². The molecule has 0 spiro atoms. The Morgan fingerprint density at radius 1 is 0.902 bits per heavy atom. The van der Waals surface area contributed by atoms with E-state index in [2.05, 4.69) is 44.9 Å². The number of hydrogen-bond acceptors (Lipinski definition) is 6. The van der Waals surface area contributed by atoms with Gasteiger partial charge in [0.15, 0.2) is 0 Å². The number of halogens is 6. The molecular weight excluding hydrogens is 548 g/mol. The fourth-order valence-corrected chi connectivity index (χ4v) is 4.58. The average molecular weight is 576 g/mol. The van der Waals surface area contributed by atoms with Crippen molar-refractivity contribution in [3.05, 3.63) is 77.2 Å². The Kier molecular flexibility index (Phi) is 7.64. The molecule has 13 heteroatoms. The lowest BCUT2D eigenvalue weighted by Gasteiger charge is -2.19. The predicted octanol–water partition coefficient (Wildman–Crippen LogP) is 7.17. The molecule has 216 valence electrons. The molecule has 0 saturated heterocycles. The lowest BCUT2D eigenvalue weighted by atomic mass is 10.0. The third kappa shape index (κ3) is 6.79. The first kappa shape index (κ1) is 28.4. The van der Waals surface area contributed by atoms with Crippen LogP contribution in [0.4, 0.5) is 49.5 Å². The van der Waals surface area contributed by atoms with Crippen molar-refractivity contribution in [2.24, 2.45) is 5.92 Å². The molecule has 1 aliphatic rings. The Hall–Kier alpha value is -4.13. The van der Waals surface area contributed by atoms with E-state index in [-0.39, 0.29) is 12.0 Å². The number of nitrogens with zero attached hydrogens (tertiary/aromatic N) is 4. The summed E-state index contributed by atoms with van der Waals surface area (Å²) in [6.07, 6.45) is -4.13. The van der Waals surface area contributed by atoms with E-state index in [4.69, 9.17) is 0 Å². The van der Waals surface area contributed by atoms with Crippen LogP contribution in [0.25, 0.3) is 11.1 Å². The molecule has 7 nitrogen and oxygen atoms in total. The van der Waals surface area contributed by atoms with E-state index in [1.165, 1.54) is 11.8 Å². The fourth-order valence-electron chi connectivity index (χ4n) is 4.58. The second-order valence-corrected chi connectivity index (χ2v) is 10.3. The first-order valence-corrected chi connectivity index (χ1v) is 12.9. The van der Waals surface area contributed by atoms with Gasteiger partial charge in [-0.15, -0.1) is 0 Å². The topological polar surface area (TPSA) is 79.7 Å². The highest BCUT2D eigenvalue weighted by Crippen LogP contribution is 2.38.